The number of esters is 1. The predicted molar refractivity (Wildman–Crippen MR) is 99.7 cm³/mol. The Morgan fingerprint density at radius 3 is 2.12 bits per heavy atom. The zero-order chi connectivity index (χ0) is 18.8. The molecule has 3 nitrogen and oxygen atoms in total. The van der Waals surface area contributed by atoms with Crippen LogP contribution in [0, 0.1) is 25.7 Å². The number of hydrogen-bond donors (Lipinski definition) is 1. The van der Waals surface area contributed by atoms with Crippen LogP contribution in [0.2, 0.25) is 0 Å². The summed E-state index contributed by atoms with van der Waals surface area (Å²) in [7, 11) is 0. The number of ether oxygens (including phenoxy) is 1. The molecule has 0 aliphatic carbocycles. The summed E-state index contributed by atoms with van der Waals surface area (Å²) in [5, 5.41) is 10.5. The van der Waals surface area contributed by atoms with Crippen molar-refractivity contribution >= 4 is 5.97 Å². The molecule has 2 unspecified atom stereocenters. The maximum atomic E-state index is 12.5. The molecule has 0 aliphatic rings. The van der Waals surface area contributed by atoms with E-state index in [1.807, 2.05) is 26.8 Å². The number of carbonyl (C=O) groups excluding carboxylic acids is 1. The number of hydrogen-bond acceptors (Lipinski definition) is 3. The SMILES string of the molecule is Cc1c(C(C)C(=O)OCC(C)C(C)C)cc(C(C)(C)C)c(O)c1C. The zero-order valence-electron chi connectivity index (χ0n) is 16.8. The smallest absolute Gasteiger partial charge is 0.313 e. The topological polar surface area (TPSA) is 46.5 Å². The lowest BCUT2D eigenvalue weighted by Crippen LogP contribution is -2.21. The molecular formula is C21H34O3. The van der Waals surface area contributed by atoms with Gasteiger partial charge in [0.2, 0.25) is 0 Å². The largest absolute Gasteiger partial charge is 0.507 e. The Hall–Kier alpha value is -1.51. The Kier molecular flexibility index (Phi) is 6.49. The molecule has 0 bridgehead atoms. The lowest BCUT2D eigenvalue weighted by molar-refractivity contribution is -0.146. The van der Waals surface area contributed by atoms with Crippen molar-refractivity contribution in [2.24, 2.45) is 11.8 Å². The molecule has 0 saturated heterocycles. The number of phenolic OH excluding ortho intramolecular Hbond substituents is 1. The summed E-state index contributed by atoms with van der Waals surface area (Å²) in [5.41, 5.74) is 3.43. The molecule has 0 radical (unpaired) electrons. The number of aromatic hydroxyl groups is 1. The first-order chi connectivity index (χ1) is 10.9. The van der Waals surface area contributed by atoms with Crippen LogP contribution < -0.4 is 0 Å². The molecular weight excluding hydrogens is 300 g/mol. The molecule has 1 rings (SSSR count). The summed E-state index contributed by atoms with van der Waals surface area (Å²) >= 11 is 0. The summed E-state index contributed by atoms with van der Waals surface area (Å²) in [6.07, 6.45) is 0. The Morgan fingerprint density at radius 2 is 1.67 bits per heavy atom. The molecule has 0 aliphatic heterocycles. The second-order valence-corrected chi connectivity index (χ2v) is 8.43. The fraction of sp³-hybridized carbons (Fsp3) is 0.667. The second-order valence-electron chi connectivity index (χ2n) is 8.43. The highest BCUT2D eigenvalue weighted by Gasteiger charge is 2.27. The zero-order valence-corrected chi connectivity index (χ0v) is 16.8. The van der Waals surface area contributed by atoms with Crippen molar-refractivity contribution in [2.45, 2.75) is 73.6 Å². The quantitative estimate of drug-likeness (QED) is 0.749. The van der Waals surface area contributed by atoms with Crippen LogP contribution in [0.15, 0.2) is 6.07 Å². The van der Waals surface area contributed by atoms with E-state index in [2.05, 4.69) is 41.5 Å². The van der Waals surface area contributed by atoms with Gasteiger partial charge in [-0.05, 0) is 60.3 Å². The van der Waals surface area contributed by atoms with Crippen molar-refractivity contribution < 1.29 is 14.6 Å². The van der Waals surface area contributed by atoms with Crippen molar-refractivity contribution in [1.29, 1.82) is 0 Å². The van der Waals surface area contributed by atoms with Crippen molar-refractivity contribution in [3.05, 3.63) is 28.3 Å². The molecule has 24 heavy (non-hydrogen) atoms. The number of phenols is 1. The third-order valence-electron chi connectivity index (χ3n) is 5.16. The summed E-state index contributed by atoms with van der Waals surface area (Å²) < 4.78 is 5.53. The van der Waals surface area contributed by atoms with Crippen molar-refractivity contribution in [1.82, 2.24) is 0 Å². The van der Waals surface area contributed by atoms with E-state index >= 15 is 0 Å². The van der Waals surface area contributed by atoms with E-state index in [9.17, 15) is 9.90 Å². The van der Waals surface area contributed by atoms with Gasteiger partial charge in [0.25, 0.3) is 0 Å². The normalized spacial score (nSPS) is 14.6. The third kappa shape index (κ3) is 4.52. The van der Waals surface area contributed by atoms with Gasteiger partial charge in [-0.25, -0.2) is 0 Å². The molecule has 0 heterocycles. The molecule has 2 atom stereocenters. The lowest BCUT2D eigenvalue weighted by Gasteiger charge is -2.26. The minimum atomic E-state index is -0.343. The van der Waals surface area contributed by atoms with Crippen molar-refractivity contribution in [3.63, 3.8) is 0 Å². The fourth-order valence-corrected chi connectivity index (χ4v) is 2.61. The minimum Gasteiger partial charge on any atom is -0.507 e. The van der Waals surface area contributed by atoms with Crippen LogP contribution in [0.1, 0.15) is 76.6 Å². The van der Waals surface area contributed by atoms with Gasteiger partial charge in [0.1, 0.15) is 5.75 Å². The molecule has 136 valence electrons. The lowest BCUT2D eigenvalue weighted by atomic mass is 9.80. The van der Waals surface area contributed by atoms with E-state index in [0.29, 0.717) is 24.2 Å². The highest BCUT2D eigenvalue weighted by Crippen LogP contribution is 2.38. The van der Waals surface area contributed by atoms with Gasteiger partial charge in [-0.3, -0.25) is 4.79 Å². The Balaban J connectivity index is 3.12. The molecule has 1 aromatic rings. The molecule has 0 saturated carbocycles. The van der Waals surface area contributed by atoms with E-state index in [4.69, 9.17) is 4.74 Å². The van der Waals surface area contributed by atoms with Gasteiger partial charge in [-0.2, -0.15) is 0 Å². The van der Waals surface area contributed by atoms with Gasteiger partial charge in [0.05, 0.1) is 12.5 Å². The van der Waals surface area contributed by atoms with Crippen LogP contribution in [0.25, 0.3) is 0 Å². The minimum absolute atomic E-state index is 0.187. The van der Waals surface area contributed by atoms with E-state index < -0.39 is 0 Å². The van der Waals surface area contributed by atoms with Crippen molar-refractivity contribution in [2.75, 3.05) is 6.61 Å². The Labute approximate surface area is 147 Å². The first-order valence-electron chi connectivity index (χ1n) is 8.88. The van der Waals surface area contributed by atoms with Crippen LogP contribution in [-0.4, -0.2) is 17.7 Å². The maximum absolute atomic E-state index is 12.5. The first-order valence-corrected chi connectivity index (χ1v) is 8.88. The van der Waals surface area contributed by atoms with Gasteiger partial charge in [0, 0.05) is 0 Å². The highest BCUT2D eigenvalue weighted by atomic mass is 16.5. The maximum Gasteiger partial charge on any atom is 0.313 e. The van der Waals surface area contributed by atoms with E-state index in [0.717, 1.165) is 22.3 Å². The van der Waals surface area contributed by atoms with E-state index in [1.54, 1.807) is 0 Å². The molecule has 1 N–H and O–H groups in total. The summed E-state index contributed by atoms with van der Waals surface area (Å²) in [4.78, 5) is 12.5. The Morgan fingerprint density at radius 1 is 1.12 bits per heavy atom. The first kappa shape index (κ1) is 20.5. The number of carbonyl (C=O) groups is 1. The van der Waals surface area contributed by atoms with Crippen LogP contribution in [0.5, 0.6) is 5.75 Å². The van der Waals surface area contributed by atoms with E-state index in [-0.39, 0.29) is 17.3 Å². The highest BCUT2D eigenvalue weighted by molar-refractivity contribution is 5.79. The monoisotopic (exact) mass is 334 g/mol. The van der Waals surface area contributed by atoms with Crippen molar-refractivity contribution in [3.8, 4) is 5.75 Å². The van der Waals surface area contributed by atoms with E-state index in [1.165, 1.54) is 0 Å². The molecule has 0 amide bonds. The number of rotatable bonds is 5. The predicted octanol–water partition coefficient (Wildman–Crippen LogP) is 5.25. The summed E-state index contributed by atoms with van der Waals surface area (Å²) in [5.74, 6) is 0.616. The Bertz CT molecular complexity index is 594. The second kappa shape index (κ2) is 7.58. The van der Waals surface area contributed by atoms with Gasteiger partial charge < -0.3 is 9.84 Å². The molecule has 0 aromatic heterocycles. The van der Waals surface area contributed by atoms with Crippen LogP contribution in [-0.2, 0) is 14.9 Å². The third-order valence-corrected chi connectivity index (χ3v) is 5.16. The van der Waals surface area contributed by atoms with Gasteiger partial charge >= 0.3 is 5.97 Å². The summed E-state index contributed by atoms with van der Waals surface area (Å²) in [6, 6.07) is 1.97. The number of benzene rings is 1. The van der Waals surface area contributed by atoms with Crippen LogP contribution in [0.3, 0.4) is 0 Å². The summed E-state index contributed by atoms with van der Waals surface area (Å²) in [6.45, 7) is 18.7. The molecule has 1 aromatic carbocycles. The van der Waals surface area contributed by atoms with Crippen LogP contribution >= 0.6 is 0 Å². The molecule has 0 spiro atoms. The molecule has 0 fully saturated rings. The van der Waals surface area contributed by atoms with Gasteiger partial charge in [0.15, 0.2) is 0 Å². The molecule has 3 heteroatoms. The van der Waals surface area contributed by atoms with Gasteiger partial charge in [-0.15, -0.1) is 0 Å². The average molecular weight is 335 g/mol. The van der Waals surface area contributed by atoms with Gasteiger partial charge in [-0.1, -0.05) is 47.6 Å². The fourth-order valence-electron chi connectivity index (χ4n) is 2.61. The average Bonchev–Trinajstić information content (AvgIpc) is 2.48. The standard InChI is InChI=1S/C21H34O3/c1-12(2)13(3)11-24-20(23)16(6)17-10-18(21(7,8)9)19(22)15(5)14(17)4/h10,12-13,16,22H,11H2,1-9H3. The van der Waals surface area contributed by atoms with Crippen LogP contribution in [0.4, 0.5) is 0 Å².